The number of carboxylic acid groups (broad SMARTS) is 1. The molecular weight excluding hydrogens is 316 g/mol. The Hall–Kier alpha value is -2.54. The molecule has 0 aliphatic carbocycles. The van der Waals surface area contributed by atoms with Crippen LogP contribution in [-0.2, 0) is 11.2 Å². The third-order valence-electron chi connectivity index (χ3n) is 3.11. The van der Waals surface area contributed by atoms with E-state index < -0.39 is 5.97 Å². The van der Waals surface area contributed by atoms with Crippen molar-refractivity contribution in [2.24, 2.45) is 0 Å². The number of aromatic nitrogens is 1. The average Bonchev–Trinajstić information content (AvgIpc) is 3.02. The highest BCUT2D eigenvalue weighted by Crippen LogP contribution is 2.10. The fraction of sp³-hybridized carbons (Fsp3) is 0.250. The number of thiazole rings is 1. The molecule has 120 valence electrons. The minimum Gasteiger partial charge on any atom is -0.476 e. The first kappa shape index (κ1) is 16.8. The van der Waals surface area contributed by atoms with E-state index in [1.807, 2.05) is 6.07 Å². The van der Waals surface area contributed by atoms with Crippen LogP contribution in [0.1, 0.15) is 38.7 Å². The standard InChI is InChI=1S/C16H16N2O4S/c19-13(11-4-2-1-3-5-11)6-7-14(20)17-9-8-15-18-12(10-23-15)16(21)22/h1-5,10H,6-9H2,(H,17,20)(H,21,22). The molecule has 0 unspecified atom stereocenters. The van der Waals surface area contributed by atoms with Crippen LogP contribution in [0.3, 0.4) is 0 Å². The molecule has 0 bridgehead atoms. The van der Waals surface area contributed by atoms with Crippen molar-refractivity contribution in [1.82, 2.24) is 10.3 Å². The van der Waals surface area contributed by atoms with E-state index >= 15 is 0 Å². The van der Waals surface area contributed by atoms with Gasteiger partial charge >= 0.3 is 5.97 Å². The predicted octanol–water partition coefficient (Wildman–Crippen LogP) is 2.16. The molecule has 1 heterocycles. The number of Topliss-reactive ketones (excluding diaryl/α,β-unsaturated/α-hetero) is 1. The molecule has 2 N–H and O–H groups in total. The first-order valence-corrected chi connectivity index (χ1v) is 7.97. The summed E-state index contributed by atoms with van der Waals surface area (Å²) in [5.41, 5.74) is 0.620. The number of hydrogen-bond acceptors (Lipinski definition) is 5. The van der Waals surface area contributed by atoms with Crippen LogP contribution < -0.4 is 5.32 Å². The second-order valence-electron chi connectivity index (χ2n) is 4.82. The van der Waals surface area contributed by atoms with Crippen molar-refractivity contribution in [2.45, 2.75) is 19.3 Å². The summed E-state index contributed by atoms with van der Waals surface area (Å²) in [6.07, 6.45) is 0.762. The first-order valence-electron chi connectivity index (χ1n) is 7.09. The molecule has 0 aliphatic rings. The summed E-state index contributed by atoms with van der Waals surface area (Å²) >= 11 is 1.25. The molecule has 0 saturated heterocycles. The summed E-state index contributed by atoms with van der Waals surface area (Å²) in [4.78, 5) is 38.2. The largest absolute Gasteiger partial charge is 0.476 e. The van der Waals surface area contributed by atoms with E-state index in [-0.39, 0.29) is 30.2 Å². The van der Waals surface area contributed by atoms with Crippen molar-refractivity contribution in [1.29, 1.82) is 0 Å². The Labute approximate surface area is 137 Å². The molecule has 0 aliphatic heterocycles. The maximum Gasteiger partial charge on any atom is 0.355 e. The van der Waals surface area contributed by atoms with Gasteiger partial charge in [-0.15, -0.1) is 11.3 Å². The van der Waals surface area contributed by atoms with Gasteiger partial charge in [0.05, 0.1) is 5.01 Å². The van der Waals surface area contributed by atoms with E-state index in [9.17, 15) is 14.4 Å². The summed E-state index contributed by atoms with van der Waals surface area (Å²) in [6, 6.07) is 8.85. The Balaban J connectivity index is 1.69. The van der Waals surface area contributed by atoms with Crippen molar-refractivity contribution < 1.29 is 19.5 Å². The van der Waals surface area contributed by atoms with Gasteiger partial charge in [-0.25, -0.2) is 9.78 Å². The minimum absolute atomic E-state index is 0.0183. The summed E-state index contributed by atoms with van der Waals surface area (Å²) < 4.78 is 0. The zero-order valence-electron chi connectivity index (χ0n) is 12.3. The molecule has 7 heteroatoms. The topological polar surface area (TPSA) is 96.4 Å². The highest BCUT2D eigenvalue weighted by molar-refractivity contribution is 7.09. The normalized spacial score (nSPS) is 10.3. The summed E-state index contributed by atoms with van der Waals surface area (Å²) in [5.74, 6) is -1.33. The van der Waals surface area contributed by atoms with Crippen LogP contribution in [-0.4, -0.2) is 34.3 Å². The highest BCUT2D eigenvalue weighted by atomic mass is 32.1. The van der Waals surface area contributed by atoms with Gasteiger partial charge in [0.15, 0.2) is 11.5 Å². The number of nitrogens with one attached hydrogen (secondary N) is 1. The minimum atomic E-state index is -1.06. The van der Waals surface area contributed by atoms with Gasteiger partial charge in [-0.05, 0) is 0 Å². The number of amides is 1. The number of rotatable bonds is 8. The van der Waals surface area contributed by atoms with Crippen LogP contribution in [0.5, 0.6) is 0 Å². The number of ketones is 1. The molecule has 0 spiro atoms. The maximum absolute atomic E-state index is 11.9. The lowest BCUT2D eigenvalue weighted by atomic mass is 10.1. The van der Waals surface area contributed by atoms with Crippen LogP contribution in [0.25, 0.3) is 0 Å². The number of benzene rings is 1. The molecule has 23 heavy (non-hydrogen) atoms. The van der Waals surface area contributed by atoms with Gasteiger partial charge in [0.2, 0.25) is 5.91 Å². The Morgan fingerprint density at radius 3 is 2.52 bits per heavy atom. The van der Waals surface area contributed by atoms with Gasteiger partial charge in [-0.3, -0.25) is 9.59 Å². The number of aromatic carboxylic acids is 1. The fourth-order valence-electron chi connectivity index (χ4n) is 1.92. The molecule has 0 radical (unpaired) electrons. The van der Waals surface area contributed by atoms with Crippen molar-refractivity contribution in [3.63, 3.8) is 0 Å². The van der Waals surface area contributed by atoms with Crippen molar-refractivity contribution in [3.8, 4) is 0 Å². The van der Waals surface area contributed by atoms with Crippen LogP contribution in [0.4, 0.5) is 0 Å². The highest BCUT2D eigenvalue weighted by Gasteiger charge is 2.10. The molecule has 2 aromatic rings. The van der Waals surface area contributed by atoms with Gasteiger partial charge in [-0.1, -0.05) is 30.3 Å². The second kappa shape index (κ2) is 8.19. The smallest absolute Gasteiger partial charge is 0.355 e. The zero-order valence-corrected chi connectivity index (χ0v) is 13.1. The van der Waals surface area contributed by atoms with Crippen LogP contribution >= 0.6 is 11.3 Å². The van der Waals surface area contributed by atoms with Crippen LogP contribution in [0.2, 0.25) is 0 Å². The number of nitrogens with zero attached hydrogens (tertiary/aromatic N) is 1. The third-order valence-corrected chi connectivity index (χ3v) is 4.02. The molecule has 0 fully saturated rings. The predicted molar refractivity (Wildman–Crippen MR) is 85.8 cm³/mol. The fourth-order valence-corrected chi connectivity index (χ4v) is 2.69. The van der Waals surface area contributed by atoms with E-state index in [1.54, 1.807) is 24.3 Å². The van der Waals surface area contributed by atoms with Crippen molar-refractivity contribution in [3.05, 3.63) is 52.0 Å². The lowest BCUT2D eigenvalue weighted by Crippen LogP contribution is -2.26. The molecule has 2 rings (SSSR count). The average molecular weight is 332 g/mol. The molecule has 0 atom stereocenters. The molecular formula is C16H16N2O4S. The summed E-state index contributed by atoms with van der Waals surface area (Å²) in [6.45, 7) is 0.366. The van der Waals surface area contributed by atoms with Crippen molar-refractivity contribution in [2.75, 3.05) is 6.54 Å². The van der Waals surface area contributed by atoms with Gasteiger partial charge in [0.1, 0.15) is 0 Å². The Morgan fingerprint density at radius 2 is 1.87 bits per heavy atom. The Morgan fingerprint density at radius 1 is 1.13 bits per heavy atom. The van der Waals surface area contributed by atoms with Gasteiger partial charge in [-0.2, -0.15) is 0 Å². The summed E-state index contributed by atoms with van der Waals surface area (Å²) in [5, 5.41) is 13.6. The summed E-state index contributed by atoms with van der Waals surface area (Å²) in [7, 11) is 0. The zero-order chi connectivity index (χ0) is 16.7. The Kier molecular flexibility index (Phi) is 5.99. The number of carboxylic acids is 1. The van der Waals surface area contributed by atoms with Gasteiger partial charge in [0.25, 0.3) is 0 Å². The molecule has 0 saturated carbocycles. The molecule has 1 amide bonds. The Bertz CT molecular complexity index is 697. The van der Waals surface area contributed by atoms with E-state index in [0.29, 0.717) is 23.5 Å². The van der Waals surface area contributed by atoms with Crippen LogP contribution in [0.15, 0.2) is 35.7 Å². The van der Waals surface area contributed by atoms with E-state index in [1.165, 1.54) is 16.7 Å². The lowest BCUT2D eigenvalue weighted by Gasteiger charge is -2.04. The van der Waals surface area contributed by atoms with E-state index in [4.69, 9.17) is 5.11 Å². The van der Waals surface area contributed by atoms with E-state index in [2.05, 4.69) is 10.3 Å². The molecule has 1 aromatic carbocycles. The number of hydrogen-bond donors (Lipinski definition) is 2. The second-order valence-corrected chi connectivity index (χ2v) is 5.76. The van der Waals surface area contributed by atoms with E-state index in [0.717, 1.165) is 0 Å². The first-order chi connectivity index (χ1) is 11.1. The lowest BCUT2D eigenvalue weighted by molar-refractivity contribution is -0.121. The van der Waals surface area contributed by atoms with Crippen LogP contribution in [0, 0.1) is 0 Å². The van der Waals surface area contributed by atoms with Crippen molar-refractivity contribution >= 4 is 29.0 Å². The SMILES string of the molecule is O=C(CCC(=O)c1ccccc1)NCCc1nc(C(=O)O)cs1. The number of carbonyl (C=O) groups is 3. The molecule has 6 nitrogen and oxygen atoms in total. The third kappa shape index (κ3) is 5.30. The van der Waals surface area contributed by atoms with Gasteiger partial charge in [0, 0.05) is 36.8 Å². The maximum atomic E-state index is 11.9. The molecule has 1 aromatic heterocycles. The quantitative estimate of drug-likeness (QED) is 0.722. The number of carbonyl (C=O) groups excluding carboxylic acids is 2. The van der Waals surface area contributed by atoms with Gasteiger partial charge < -0.3 is 10.4 Å². The monoisotopic (exact) mass is 332 g/mol.